The summed E-state index contributed by atoms with van der Waals surface area (Å²) in [5, 5.41) is 11.0. The van der Waals surface area contributed by atoms with Gasteiger partial charge < -0.3 is 4.74 Å². The third kappa shape index (κ3) is 2.66. The predicted octanol–water partition coefficient (Wildman–Crippen LogP) is 3.82. The average molecular weight is 271 g/mol. The Morgan fingerprint density at radius 2 is 1.80 bits per heavy atom. The first-order valence-corrected chi connectivity index (χ1v) is 6.00. The number of hydrogen-bond donors (Lipinski definition) is 0. The number of para-hydroxylation sites is 1. The fraction of sp³-hybridized carbons (Fsp3) is 0.133. The fourth-order valence-electron chi connectivity index (χ4n) is 1.92. The Morgan fingerprint density at radius 1 is 1.10 bits per heavy atom. The number of aryl methyl sites for hydroxylation is 2. The zero-order valence-corrected chi connectivity index (χ0v) is 11.1. The summed E-state index contributed by atoms with van der Waals surface area (Å²) in [6.07, 6.45) is 0.688. The van der Waals surface area contributed by atoms with E-state index in [4.69, 9.17) is 4.74 Å². The molecule has 0 fully saturated rings. The quantitative estimate of drug-likeness (QED) is 0.481. The Bertz CT molecular complexity index is 680. The highest BCUT2D eigenvalue weighted by molar-refractivity contribution is 5.79. The van der Waals surface area contributed by atoms with Crippen LogP contribution < -0.4 is 4.74 Å². The van der Waals surface area contributed by atoms with E-state index >= 15 is 0 Å². The molecular formula is C15H13NO4. The molecule has 0 radical (unpaired) electrons. The second kappa shape index (κ2) is 5.52. The van der Waals surface area contributed by atoms with Gasteiger partial charge in [-0.25, -0.2) is 0 Å². The van der Waals surface area contributed by atoms with Gasteiger partial charge in [-0.05, 0) is 37.6 Å². The summed E-state index contributed by atoms with van der Waals surface area (Å²) in [7, 11) is 0. The minimum Gasteiger partial charge on any atom is -0.456 e. The summed E-state index contributed by atoms with van der Waals surface area (Å²) in [6, 6.07) is 9.81. The van der Waals surface area contributed by atoms with Crippen LogP contribution in [0.25, 0.3) is 0 Å². The van der Waals surface area contributed by atoms with Gasteiger partial charge in [0, 0.05) is 5.56 Å². The average Bonchev–Trinajstić information content (AvgIpc) is 2.42. The largest absolute Gasteiger partial charge is 0.456 e. The van der Waals surface area contributed by atoms with Gasteiger partial charge in [0.15, 0.2) is 6.29 Å². The van der Waals surface area contributed by atoms with Gasteiger partial charge >= 0.3 is 0 Å². The van der Waals surface area contributed by atoms with Gasteiger partial charge in [-0.1, -0.05) is 12.1 Å². The van der Waals surface area contributed by atoms with E-state index in [0.717, 1.165) is 5.56 Å². The van der Waals surface area contributed by atoms with E-state index in [-0.39, 0.29) is 5.69 Å². The normalized spacial score (nSPS) is 10.1. The molecule has 2 aromatic rings. The lowest BCUT2D eigenvalue weighted by atomic mass is 10.1. The molecule has 0 heterocycles. The summed E-state index contributed by atoms with van der Waals surface area (Å²) in [4.78, 5) is 21.4. The lowest BCUT2D eigenvalue weighted by Gasteiger charge is -2.11. The minimum atomic E-state index is -0.451. The summed E-state index contributed by atoms with van der Waals surface area (Å²) >= 11 is 0. The molecule has 0 spiro atoms. The molecule has 102 valence electrons. The van der Waals surface area contributed by atoms with Crippen molar-refractivity contribution in [2.24, 2.45) is 0 Å². The van der Waals surface area contributed by atoms with Crippen LogP contribution in [0.5, 0.6) is 11.5 Å². The molecule has 0 aromatic heterocycles. The zero-order chi connectivity index (χ0) is 14.7. The van der Waals surface area contributed by atoms with Crippen molar-refractivity contribution >= 4 is 12.0 Å². The second-order valence-corrected chi connectivity index (χ2v) is 4.42. The summed E-state index contributed by atoms with van der Waals surface area (Å²) < 4.78 is 5.64. The van der Waals surface area contributed by atoms with Gasteiger partial charge in [0.25, 0.3) is 5.69 Å². The first-order chi connectivity index (χ1) is 9.52. The molecule has 5 heteroatoms. The molecule has 0 aliphatic carbocycles. The highest BCUT2D eigenvalue weighted by Gasteiger charge is 2.15. The Balaban J connectivity index is 2.46. The van der Waals surface area contributed by atoms with Gasteiger partial charge in [0.2, 0.25) is 0 Å². The Labute approximate surface area is 116 Å². The van der Waals surface area contributed by atoms with E-state index in [1.54, 1.807) is 44.2 Å². The van der Waals surface area contributed by atoms with Gasteiger partial charge in [-0.3, -0.25) is 14.9 Å². The Hall–Kier alpha value is -2.69. The molecule has 0 N–H and O–H groups in total. The van der Waals surface area contributed by atoms with Crippen molar-refractivity contribution < 1.29 is 14.5 Å². The zero-order valence-electron chi connectivity index (χ0n) is 11.1. The monoisotopic (exact) mass is 271 g/mol. The molecule has 0 saturated carbocycles. The van der Waals surface area contributed by atoms with Crippen LogP contribution in [0.2, 0.25) is 0 Å². The lowest BCUT2D eigenvalue weighted by molar-refractivity contribution is -0.385. The first kappa shape index (κ1) is 13.7. The third-order valence-electron chi connectivity index (χ3n) is 2.96. The number of rotatable bonds is 4. The number of aldehydes is 1. The molecular weight excluding hydrogens is 258 g/mol. The van der Waals surface area contributed by atoms with E-state index in [1.807, 2.05) is 0 Å². The maximum atomic E-state index is 11.0. The number of benzene rings is 2. The molecule has 0 atom stereocenters. The van der Waals surface area contributed by atoms with Crippen molar-refractivity contribution in [3.8, 4) is 11.5 Å². The number of nitrogens with zero attached hydrogens (tertiary/aromatic N) is 1. The molecule has 0 bridgehead atoms. The van der Waals surface area contributed by atoms with Crippen LogP contribution in [-0.2, 0) is 0 Å². The van der Waals surface area contributed by atoms with Gasteiger partial charge in [0.1, 0.15) is 11.5 Å². The Kier molecular flexibility index (Phi) is 3.79. The molecule has 2 rings (SSSR count). The van der Waals surface area contributed by atoms with Crippen LogP contribution in [0.1, 0.15) is 21.5 Å². The number of hydrogen-bond acceptors (Lipinski definition) is 4. The second-order valence-electron chi connectivity index (χ2n) is 4.42. The van der Waals surface area contributed by atoms with Crippen LogP contribution in [0, 0.1) is 24.0 Å². The van der Waals surface area contributed by atoms with Crippen molar-refractivity contribution in [1.29, 1.82) is 0 Å². The number of ether oxygens (including phenoxy) is 1. The minimum absolute atomic E-state index is 0.00539. The van der Waals surface area contributed by atoms with Crippen molar-refractivity contribution in [3.63, 3.8) is 0 Å². The van der Waals surface area contributed by atoms with Crippen molar-refractivity contribution in [2.75, 3.05) is 0 Å². The highest BCUT2D eigenvalue weighted by atomic mass is 16.6. The topological polar surface area (TPSA) is 69.4 Å². The molecule has 0 amide bonds. The summed E-state index contributed by atoms with van der Waals surface area (Å²) in [5.74, 6) is 0.750. The molecule has 0 aliphatic heterocycles. The Morgan fingerprint density at radius 3 is 2.45 bits per heavy atom. The highest BCUT2D eigenvalue weighted by Crippen LogP contribution is 2.32. The SMILES string of the molecule is Cc1cc(C)c([N+](=O)[O-])cc1Oc1ccccc1C=O. The maximum Gasteiger partial charge on any atom is 0.276 e. The van der Waals surface area contributed by atoms with Gasteiger partial charge in [-0.15, -0.1) is 0 Å². The smallest absolute Gasteiger partial charge is 0.276 e. The van der Waals surface area contributed by atoms with Gasteiger partial charge in [0.05, 0.1) is 16.6 Å². The predicted molar refractivity (Wildman–Crippen MR) is 74.5 cm³/mol. The van der Waals surface area contributed by atoms with Gasteiger partial charge in [-0.2, -0.15) is 0 Å². The van der Waals surface area contributed by atoms with E-state index < -0.39 is 4.92 Å². The maximum absolute atomic E-state index is 11.0. The molecule has 0 unspecified atom stereocenters. The molecule has 2 aromatic carbocycles. The van der Waals surface area contributed by atoms with Crippen LogP contribution in [-0.4, -0.2) is 11.2 Å². The molecule has 5 nitrogen and oxygen atoms in total. The van der Waals surface area contributed by atoms with E-state index in [0.29, 0.717) is 28.9 Å². The lowest BCUT2D eigenvalue weighted by Crippen LogP contribution is -1.96. The van der Waals surface area contributed by atoms with Crippen LogP contribution in [0.15, 0.2) is 36.4 Å². The summed E-state index contributed by atoms with van der Waals surface area (Å²) in [5.41, 5.74) is 1.74. The number of carbonyl (C=O) groups is 1. The van der Waals surface area contributed by atoms with Crippen LogP contribution >= 0.6 is 0 Å². The number of nitro groups is 1. The fourth-order valence-corrected chi connectivity index (χ4v) is 1.92. The number of carbonyl (C=O) groups excluding carboxylic acids is 1. The van der Waals surface area contributed by atoms with E-state index in [2.05, 4.69) is 0 Å². The van der Waals surface area contributed by atoms with Crippen molar-refractivity contribution in [1.82, 2.24) is 0 Å². The van der Waals surface area contributed by atoms with E-state index in [1.165, 1.54) is 6.07 Å². The molecule has 0 aliphatic rings. The summed E-state index contributed by atoms with van der Waals surface area (Å²) in [6.45, 7) is 3.48. The molecule has 0 saturated heterocycles. The third-order valence-corrected chi connectivity index (χ3v) is 2.96. The van der Waals surface area contributed by atoms with Crippen LogP contribution in [0.4, 0.5) is 5.69 Å². The standard InChI is InChI=1S/C15H13NO4/c1-10-7-11(2)15(8-13(10)16(18)19)20-14-6-4-3-5-12(14)9-17/h3-9H,1-2H3. The van der Waals surface area contributed by atoms with Crippen molar-refractivity contribution in [3.05, 3.63) is 63.2 Å². The first-order valence-electron chi connectivity index (χ1n) is 6.00. The van der Waals surface area contributed by atoms with E-state index in [9.17, 15) is 14.9 Å². The number of nitro benzene ring substituents is 1. The van der Waals surface area contributed by atoms with Crippen LogP contribution in [0.3, 0.4) is 0 Å². The van der Waals surface area contributed by atoms with Crippen molar-refractivity contribution in [2.45, 2.75) is 13.8 Å². The molecule has 20 heavy (non-hydrogen) atoms.